The third-order valence-corrected chi connectivity index (χ3v) is 7.03. The minimum atomic E-state index is -4.62. The van der Waals surface area contributed by atoms with E-state index in [4.69, 9.17) is 16.3 Å². The molecule has 1 heterocycles. The Morgan fingerprint density at radius 2 is 1.76 bits per heavy atom. The number of sulfone groups is 1. The van der Waals surface area contributed by atoms with Crippen molar-refractivity contribution in [2.75, 3.05) is 5.75 Å². The molecular formula is C23H15ClF4N2O3S. The Labute approximate surface area is 196 Å². The number of rotatable bonds is 5. The summed E-state index contributed by atoms with van der Waals surface area (Å²) < 4.78 is 84.3. The fourth-order valence-electron chi connectivity index (χ4n) is 3.36. The van der Waals surface area contributed by atoms with Crippen molar-refractivity contribution in [3.05, 3.63) is 77.3 Å². The van der Waals surface area contributed by atoms with Gasteiger partial charge in [-0.1, -0.05) is 30.7 Å². The number of fused-ring (bicyclic) bond motifs is 1. The Hall–Kier alpha value is -3.24. The van der Waals surface area contributed by atoms with Gasteiger partial charge in [0.1, 0.15) is 23.6 Å². The van der Waals surface area contributed by atoms with Gasteiger partial charge in [-0.05, 0) is 36.4 Å². The van der Waals surface area contributed by atoms with Crippen LogP contribution in [0.3, 0.4) is 0 Å². The van der Waals surface area contributed by atoms with E-state index in [1.165, 1.54) is 43.3 Å². The fraction of sp³-hybridized carbons (Fsp3) is 0.130. The molecule has 176 valence electrons. The van der Waals surface area contributed by atoms with Gasteiger partial charge in [-0.3, -0.25) is 0 Å². The van der Waals surface area contributed by atoms with Gasteiger partial charge >= 0.3 is 6.18 Å². The maximum Gasteiger partial charge on any atom is 0.418 e. The maximum absolute atomic E-state index is 14.0. The lowest BCUT2D eigenvalue weighted by atomic mass is 10.0. The summed E-state index contributed by atoms with van der Waals surface area (Å²) in [7, 11) is -3.68. The Bertz CT molecular complexity index is 1510. The number of benzene rings is 3. The first kappa shape index (κ1) is 23.9. The molecule has 0 aliphatic heterocycles. The SMILES string of the molecule is CCS(=O)(=O)c1cc(F)cc(Oc2ccc(Cl)c(-c3ncnc4c(C(F)(F)F)cccc34)c2)c1. The van der Waals surface area contributed by atoms with Crippen molar-refractivity contribution >= 4 is 32.3 Å². The third-order valence-electron chi connectivity index (χ3n) is 4.98. The summed E-state index contributed by atoms with van der Waals surface area (Å²) in [4.78, 5) is 7.69. The van der Waals surface area contributed by atoms with Gasteiger partial charge in [-0.2, -0.15) is 13.2 Å². The smallest absolute Gasteiger partial charge is 0.418 e. The van der Waals surface area contributed by atoms with Crippen molar-refractivity contribution in [1.82, 2.24) is 9.97 Å². The minimum absolute atomic E-state index is 0.0767. The van der Waals surface area contributed by atoms with Crippen LogP contribution in [0.1, 0.15) is 12.5 Å². The van der Waals surface area contributed by atoms with Gasteiger partial charge in [0.25, 0.3) is 0 Å². The molecule has 0 amide bonds. The molecule has 1 aromatic heterocycles. The van der Waals surface area contributed by atoms with E-state index in [-0.39, 0.29) is 49.3 Å². The second kappa shape index (κ2) is 8.84. The normalized spacial score (nSPS) is 12.2. The molecule has 0 aliphatic carbocycles. The van der Waals surface area contributed by atoms with Crippen LogP contribution in [0.15, 0.2) is 65.8 Å². The standard InChI is InChI=1S/C23H15ClF4N2O3S/c1-2-34(31,32)16-9-13(25)8-15(10-16)33-14-6-7-20(24)18(11-14)21-17-4-3-5-19(23(26,27)28)22(17)30-12-29-21/h3-12H,2H2,1H3. The average Bonchev–Trinajstić information content (AvgIpc) is 2.78. The minimum Gasteiger partial charge on any atom is -0.457 e. The van der Waals surface area contributed by atoms with Crippen LogP contribution in [-0.4, -0.2) is 24.1 Å². The Morgan fingerprint density at radius 1 is 1.00 bits per heavy atom. The van der Waals surface area contributed by atoms with Gasteiger partial charge < -0.3 is 4.74 Å². The van der Waals surface area contributed by atoms with E-state index in [2.05, 4.69) is 9.97 Å². The average molecular weight is 511 g/mol. The zero-order valence-electron chi connectivity index (χ0n) is 17.4. The monoisotopic (exact) mass is 510 g/mol. The highest BCUT2D eigenvalue weighted by Gasteiger charge is 2.33. The molecule has 0 radical (unpaired) electrons. The molecule has 0 saturated carbocycles. The number of para-hydroxylation sites is 1. The lowest BCUT2D eigenvalue weighted by Crippen LogP contribution is -2.07. The highest BCUT2D eigenvalue weighted by molar-refractivity contribution is 7.91. The predicted octanol–water partition coefficient (Wildman–Crippen LogP) is 6.69. The van der Waals surface area contributed by atoms with Crippen LogP contribution in [0.2, 0.25) is 5.02 Å². The predicted molar refractivity (Wildman–Crippen MR) is 119 cm³/mol. The van der Waals surface area contributed by atoms with Gasteiger partial charge in [0, 0.05) is 17.0 Å². The zero-order chi connectivity index (χ0) is 24.7. The highest BCUT2D eigenvalue weighted by atomic mass is 35.5. The van der Waals surface area contributed by atoms with E-state index >= 15 is 0 Å². The second-order valence-electron chi connectivity index (χ2n) is 7.19. The molecular weight excluding hydrogens is 496 g/mol. The Kier molecular flexibility index (Phi) is 6.22. The van der Waals surface area contributed by atoms with Gasteiger partial charge in [-0.15, -0.1) is 0 Å². The van der Waals surface area contributed by atoms with Crippen LogP contribution in [0, 0.1) is 5.82 Å². The van der Waals surface area contributed by atoms with E-state index in [1.807, 2.05) is 0 Å². The highest BCUT2D eigenvalue weighted by Crippen LogP contribution is 2.39. The number of nitrogens with zero attached hydrogens (tertiary/aromatic N) is 2. The van der Waals surface area contributed by atoms with Crippen molar-refractivity contribution in [3.8, 4) is 22.8 Å². The van der Waals surface area contributed by atoms with E-state index < -0.39 is 27.4 Å². The molecule has 0 unspecified atom stereocenters. The Balaban J connectivity index is 1.80. The van der Waals surface area contributed by atoms with Crippen molar-refractivity contribution in [3.63, 3.8) is 0 Å². The summed E-state index contributed by atoms with van der Waals surface area (Å²) in [6.45, 7) is 1.43. The number of hydrogen-bond acceptors (Lipinski definition) is 5. The largest absolute Gasteiger partial charge is 0.457 e. The molecule has 11 heteroatoms. The summed E-state index contributed by atoms with van der Waals surface area (Å²) >= 11 is 6.32. The first-order chi connectivity index (χ1) is 16.0. The molecule has 0 saturated heterocycles. The molecule has 0 N–H and O–H groups in total. The number of hydrogen-bond donors (Lipinski definition) is 0. The molecule has 3 aromatic carbocycles. The summed E-state index contributed by atoms with van der Waals surface area (Å²) in [5.41, 5.74) is -0.813. The summed E-state index contributed by atoms with van der Waals surface area (Å²) in [6.07, 6.45) is -3.61. The summed E-state index contributed by atoms with van der Waals surface area (Å²) in [5, 5.41) is 0.303. The lowest BCUT2D eigenvalue weighted by molar-refractivity contribution is -0.136. The van der Waals surface area contributed by atoms with Crippen LogP contribution < -0.4 is 4.74 Å². The van der Waals surface area contributed by atoms with E-state index in [0.717, 1.165) is 24.5 Å². The van der Waals surface area contributed by atoms with E-state index in [1.54, 1.807) is 0 Å². The number of alkyl halides is 3. The molecule has 0 atom stereocenters. The zero-order valence-corrected chi connectivity index (χ0v) is 19.0. The lowest BCUT2D eigenvalue weighted by Gasteiger charge is -2.13. The second-order valence-corrected chi connectivity index (χ2v) is 9.88. The number of halogens is 5. The summed E-state index contributed by atoms with van der Waals surface area (Å²) in [5.74, 6) is -0.960. The third kappa shape index (κ3) is 4.69. The van der Waals surface area contributed by atoms with Crippen molar-refractivity contribution in [2.45, 2.75) is 18.0 Å². The molecule has 0 fully saturated rings. The topological polar surface area (TPSA) is 69.2 Å². The first-order valence-electron chi connectivity index (χ1n) is 9.81. The number of ether oxygens (including phenoxy) is 1. The maximum atomic E-state index is 14.0. The van der Waals surface area contributed by atoms with Crippen molar-refractivity contribution in [1.29, 1.82) is 0 Å². The van der Waals surface area contributed by atoms with Gasteiger partial charge in [0.05, 0.1) is 32.4 Å². The van der Waals surface area contributed by atoms with Crippen LogP contribution in [0.5, 0.6) is 11.5 Å². The Morgan fingerprint density at radius 3 is 2.47 bits per heavy atom. The molecule has 34 heavy (non-hydrogen) atoms. The van der Waals surface area contributed by atoms with Crippen LogP contribution in [0.25, 0.3) is 22.2 Å². The van der Waals surface area contributed by atoms with Gasteiger partial charge in [0.2, 0.25) is 0 Å². The molecule has 4 rings (SSSR count). The van der Waals surface area contributed by atoms with Crippen LogP contribution >= 0.6 is 11.6 Å². The summed E-state index contributed by atoms with van der Waals surface area (Å²) in [6, 6.07) is 11.0. The van der Waals surface area contributed by atoms with Gasteiger partial charge in [-0.25, -0.2) is 22.8 Å². The molecule has 0 aliphatic rings. The fourth-order valence-corrected chi connectivity index (χ4v) is 4.49. The van der Waals surface area contributed by atoms with Crippen LogP contribution in [-0.2, 0) is 16.0 Å². The molecule has 5 nitrogen and oxygen atoms in total. The van der Waals surface area contributed by atoms with Crippen molar-refractivity contribution < 1.29 is 30.7 Å². The van der Waals surface area contributed by atoms with Gasteiger partial charge in [0.15, 0.2) is 9.84 Å². The van der Waals surface area contributed by atoms with Crippen molar-refractivity contribution in [2.24, 2.45) is 0 Å². The van der Waals surface area contributed by atoms with Crippen LogP contribution in [0.4, 0.5) is 17.6 Å². The number of aromatic nitrogens is 2. The van der Waals surface area contributed by atoms with E-state index in [9.17, 15) is 26.0 Å². The van der Waals surface area contributed by atoms with E-state index in [0.29, 0.717) is 0 Å². The first-order valence-corrected chi connectivity index (χ1v) is 11.8. The molecule has 4 aromatic rings. The molecule has 0 spiro atoms. The molecule has 0 bridgehead atoms. The quantitative estimate of drug-likeness (QED) is 0.280.